The molecule has 0 bridgehead atoms. The Balaban J connectivity index is 2.61. The van der Waals surface area contributed by atoms with E-state index in [1.807, 2.05) is 6.08 Å². The molecule has 6 N–H and O–H groups in total. The fourth-order valence-electron chi connectivity index (χ4n) is 9.43. The van der Waals surface area contributed by atoms with Crippen molar-refractivity contribution in [2.75, 3.05) is 13.2 Å². The number of aliphatic hydroxyl groups excluding tert-OH is 5. The lowest BCUT2D eigenvalue weighted by molar-refractivity contribution is -0.305. The molecule has 1 rings (SSSR count). The van der Waals surface area contributed by atoms with Gasteiger partial charge in [0.05, 0.1) is 25.4 Å². The highest BCUT2D eigenvalue weighted by molar-refractivity contribution is 5.80. The van der Waals surface area contributed by atoms with Crippen molar-refractivity contribution in [1.29, 1.82) is 0 Å². The van der Waals surface area contributed by atoms with Crippen molar-refractivity contribution in [3.63, 3.8) is 0 Å². The molecule has 0 saturated carbocycles. The summed E-state index contributed by atoms with van der Waals surface area (Å²) in [6.45, 7) is 5.62. The van der Waals surface area contributed by atoms with Crippen LogP contribution in [0.2, 0.25) is 0 Å². The van der Waals surface area contributed by atoms with Gasteiger partial charge in [0.25, 0.3) is 0 Å². The second-order valence-electron chi connectivity index (χ2n) is 21.8. The van der Waals surface area contributed by atoms with E-state index in [-0.39, 0.29) is 19.4 Å². The monoisotopic (exact) mass is 1110 g/mol. The first-order valence-corrected chi connectivity index (χ1v) is 32.0. The molecule has 0 aromatic rings. The highest BCUT2D eigenvalue weighted by Gasteiger charge is 2.47. The first-order valence-electron chi connectivity index (χ1n) is 32.0. The molecule has 11 heteroatoms. The smallest absolute Gasteiger partial charge is 0.306 e. The van der Waals surface area contributed by atoms with Gasteiger partial charge in [0.2, 0.25) is 5.91 Å². The molecule has 1 saturated heterocycles. The number of hydrogen-bond donors (Lipinski definition) is 6. The van der Waals surface area contributed by atoms with E-state index >= 15 is 0 Å². The number of amides is 1. The molecule has 0 aromatic heterocycles. The van der Waals surface area contributed by atoms with E-state index in [9.17, 15) is 35.1 Å². The molecule has 79 heavy (non-hydrogen) atoms. The van der Waals surface area contributed by atoms with Crippen LogP contribution in [0.4, 0.5) is 0 Å². The van der Waals surface area contributed by atoms with Gasteiger partial charge in [-0.1, -0.05) is 253 Å². The average molecular weight is 1110 g/mol. The lowest BCUT2D eigenvalue weighted by Gasteiger charge is -2.41. The molecule has 454 valence electrons. The van der Waals surface area contributed by atoms with Gasteiger partial charge in [-0.15, -0.1) is 0 Å². The molecular formula is C68H117NO10. The molecule has 0 aliphatic carbocycles. The van der Waals surface area contributed by atoms with Crippen LogP contribution < -0.4 is 5.32 Å². The molecule has 1 amide bonds. The van der Waals surface area contributed by atoms with Crippen LogP contribution in [-0.2, 0) is 23.8 Å². The van der Waals surface area contributed by atoms with Crippen molar-refractivity contribution in [2.45, 2.75) is 307 Å². The van der Waals surface area contributed by atoms with Gasteiger partial charge in [-0.3, -0.25) is 9.59 Å². The molecular weight excluding hydrogens is 991 g/mol. The van der Waals surface area contributed by atoms with E-state index in [0.29, 0.717) is 12.8 Å². The van der Waals surface area contributed by atoms with E-state index in [1.54, 1.807) is 6.08 Å². The third kappa shape index (κ3) is 43.0. The number of carbonyl (C=O) groups is 2. The van der Waals surface area contributed by atoms with E-state index in [4.69, 9.17) is 14.2 Å². The van der Waals surface area contributed by atoms with Crippen LogP contribution in [0, 0.1) is 0 Å². The summed E-state index contributed by atoms with van der Waals surface area (Å²) in [7, 11) is 0. The van der Waals surface area contributed by atoms with Crippen molar-refractivity contribution in [2.24, 2.45) is 0 Å². The van der Waals surface area contributed by atoms with Crippen LogP contribution in [0.25, 0.3) is 0 Å². The maximum atomic E-state index is 13.4. The van der Waals surface area contributed by atoms with Crippen molar-refractivity contribution in [3.05, 3.63) is 97.2 Å². The maximum absolute atomic E-state index is 13.4. The van der Waals surface area contributed by atoms with Crippen LogP contribution in [0.3, 0.4) is 0 Å². The van der Waals surface area contributed by atoms with Crippen LogP contribution in [0.5, 0.6) is 0 Å². The Bertz CT molecular complexity index is 1650. The van der Waals surface area contributed by atoms with E-state index in [2.05, 4.69) is 111 Å². The molecule has 1 aliphatic rings. The van der Waals surface area contributed by atoms with E-state index in [0.717, 1.165) is 122 Å². The fourth-order valence-corrected chi connectivity index (χ4v) is 9.43. The van der Waals surface area contributed by atoms with Gasteiger partial charge in [0.15, 0.2) is 12.4 Å². The standard InChI is InChI=1S/C68H117NO10/c1-4-7-10-13-16-19-22-24-26-27-28-29-30-31-32-33-34-35-36-38-41-44-47-50-53-56-63(73)79-66-65(75)64(74)62(57-70)78-68(66)77-58-59(60(71)54-51-48-45-42-39-21-18-15-12-9-6-3)69-67(76)61(72)55-52-49-46-43-40-37-25-23-20-17-14-11-8-5-2/h7,10,16-17,19-20,23-26,28-29,31-32,51,54,59-62,64-66,68,70-72,74-75H,4-6,8-9,11-15,18,21-22,27,30,33-50,52-53,55-58H2,1-3H3,(H,69,76)/b10-7-,19-16-,20-17+,25-23+,26-24-,29-28-,32-31-,54-51+. The van der Waals surface area contributed by atoms with Gasteiger partial charge in [-0.2, -0.15) is 0 Å². The Morgan fingerprint density at radius 3 is 1.47 bits per heavy atom. The summed E-state index contributed by atoms with van der Waals surface area (Å²) >= 11 is 0. The lowest BCUT2D eigenvalue weighted by Crippen LogP contribution is -2.61. The summed E-state index contributed by atoms with van der Waals surface area (Å²) < 4.78 is 17.6. The third-order valence-electron chi connectivity index (χ3n) is 14.5. The molecule has 1 fully saturated rings. The summed E-state index contributed by atoms with van der Waals surface area (Å²) in [5.74, 6) is -1.22. The molecule has 0 spiro atoms. The number of ether oxygens (including phenoxy) is 3. The Hall–Kier alpha value is -3.42. The zero-order valence-corrected chi connectivity index (χ0v) is 50.2. The van der Waals surface area contributed by atoms with Crippen molar-refractivity contribution < 1.29 is 49.3 Å². The zero-order valence-electron chi connectivity index (χ0n) is 50.2. The van der Waals surface area contributed by atoms with Crippen LogP contribution in [-0.4, -0.2) is 99.6 Å². The number of allylic oxidation sites excluding steroid dienone is 15. The van der Waals surface area contributed by atoms with Gasteiger partial charge < -0.3 is 45.1 Å². The summed E-state index contributed by atoms with van der Waals surface area (Å²) in [6.07, 6.45) is 63.0. The summed E-state index contributed by atoms with van der Waals surface area (Å²) in [5.41, 5.74) is 0. The summed E-state index contributed by atoms with van der Waals surface area (Å²) in [4.78, 5) is 26.5. The minimum atomic E-state index is -1.62. The number of nitrogens with one attached hydrogen (secondary N) is 1. The zero-order chi connectivity index (χ0) is 57.5. The largest absolute Gasteiger partial charge is 0.454 e. The second-order valence-corrected chi connectivity index (χ2v) is 21.8. The van der Waals surface area contributed by atoms with Crippen LogP contribution in [0.15, 0.2) is 97.2 Å². The number of esters is 1. The van der Waals surface area contributed by atoms with E-state index in [1.165, 1.54) is 89.9 Å². The quantitative estimate of drug-likeness (QED) is 0.0149. The third-order valence-corrected chi connectivity index (χ3v) is 14.5. The minimum Gasteiger partial charge on any atom is -0.454 e. The number of unbranched alkanes of at least 4 members (excludes halogenated alkanes) is 26. The first-order chi connectivity index (χ1) is 38.7. The van der Waals surface area contributed by atoms with Crippen LogP contribution >= 0.6 is 0 Å². The molecule has 0 aromatic carbocycles. The summed E-state index contributed by atoms with van der Waals surface area (Å²) in [5, 5.41) is 57.0. The normalized spacial score (nSPS) is 19.5. The molecule has 11 nitrogen and oxygen atoms in total. The van der Waals surface area contributed by atoms with Gasteiger partial charge in [0.1, 0.15) is 24.4 Å². The van der Waals surface area contributed by atoms with Gasteiger partial charge >= 0.3 is 5.97 Å². The van der Waals surface area contributed by atoms with Gasteiger partial charge in [0, 0.05) is 6.42 Å². The topological polar surface area (TPSA) is 175 Å². The van der Waals surface area contributed by atoms with Gasteiger partial charge in [-0.25, -0.2) is 0 Å². The second kappa shape index (κ2) is 55.1. The minimum absolute atomic E-state index is 0.110. The Morgan fingerprint density at radius 1 is 0.519 bits per heavy atom. The SMILES string of the molecule is CC/C=C\C/C=C\C/C=C\C/C=C\C/C=C\CCCCCCCCCCCC(=O)OC1C(OCC(NC(=O)C(O)CCCCCCC/C=C/C=C/CCCCC)C(O)/C=C/CCCCCCCCCCC)OC(CO)C(O)C1O. The Morgan fingerprint density at radius 2 is 0.949 bits per heavy atom. The Labute approximate surface area is 482 Å². The Kier molecular flexibility index (Phi) is 51.4. The average Bonchev–Trinajstić information content (AvgIpc) is 3.47. The molecule has 1 aliphatic heterocycles. The van der Waals surface area contributed by atoms with Crippen molar-refractivity contribution in [1.82, 2.24) is 5.32 Å². The van der Waals surface area contributed by atoms with Gasteiger partial charge in [-0.05, 0) is 96.3 Å². The van der Waals surface area contributed by atoms with Crippen LogP contribution in [0.1, 0.15) is 258 Å². The predicted molar refractivity (Wildman–Crippen MR) is 329 cm³/mol. The number of rotatable bonds is 53. The first kappa shape index (κ1) is 73.6. The molecule has 1 heterocycles. The molecule has 0 radical (unpaired) electrons. The number of hydrogen-bond acceptors (Lipinski definition) is 10. The predicted octanol–water partition coefficient (Wildman–Crippen LogP) is 15.5. The van der Waals surface area contributed by atoms with Crippen molar-refractivity contribution in [3.8, 4) is 0 Å². The fraction of sp³-hybridized carbons (Fsp3) is 0.735. The molecule has 8 atom stereocenters. The molecule has 8 unspecified atom stereocenters. The highest BCUT2D eigenvalue weighted by Crippen LogP contribution is 2.26. The number of carbonyl (C=O) groups excluding carboxylic acids is 2. The summed E-state index contributed by atoms with van der Waals surface area (Å²) in [6, 6.07) is -1.04. The van der Waals surface area contributed by atoms with Crippen molar-refractivity contribution >= 4 is 11.9 Å². The van der Waals surface area contributed by atoms with E-state index < -0.39 is 67.4 Å². The highest BCUT2D eigenvalue weighted by atomic mass is 16.7. The lowest BCUT2D eigenvalue weighted by atomic mass is 9.99. The number of aliphatic hydroxyl groups is 5. The maximum Gasteiger partial charge on any atom is 0.306 e.